The normalized spacial score (nSPS) is 6.16. The zero-order chi connectivity index (χ0) is 23.8. The van der Waals surface area contributed by atoms with Gasteiger partial charge in [-0.1, -0.05) is 85.8 Å². The summed E-state index contributed by atoms with van der Waals surface area (Å²) in [6, 6.07) is 0. The molecular weight excluding hydrogens is 1080 g/mol. The van der Waals surface area contributed by atoms with E-state index in [-0.39, 0.29) is 286 Å². The van der Waals surface area contributed by atoms with Crippen molar-refractivity contribution in [3.8, 4) is 0 Å². The number of rotatable bonds is 11. The Balaban J connectivity index is -0.0000000172. The van der Waals surface area contributed by atoms with Gasteiger partial charge in [-0.05, 0) is 0 Å². The molecule has 0 heterocycles. The molecule has 0 rings (SSSR count). The van der Waals surface area contributed by atoms with Gasteiger partial charge in [-0.25, -0.2) is 0 Å². The first-order valence-electron chi connectivity index (χ1n) is 10.4. The fourth-order valence-electron chi connectivity index (χ4n) is 1.35. The summed E-state index contributed by atoms with van der Waals surface area (Å²) in [5.41, 5.74) is 0. The Hall–Kier alpha value is 7.18. The third-order valence-electron chi connectivity index (χ3n) is 2.99. The minimum absolute atomic E-state index is 0. The van der Waals surface area contributed by atoms with E-state index < -0.39 is 0 Å². The van der Waals surface area contributed by atoms with E-state index in [0.717, 1.165) is 0 Å². The van der Waals surface area contributed by atoms with Crippen LogP contribution < -0.4 is 10.6 Å². The maximum Gasteiger partial charge on any atom is 0.193 e. The van der Waals surface area contributed by atoms with Crippen molar-refractivity contribution in [3.05, 3.63) is 13.7 Å². The van der Waals surface area contributed by atoms with Crippen molar-refractivity contribution in [2.24, 2.45) is 0 Å². The second-order valence-electron chi connectivity index (χ2n) is 5.48. The van der Waals surface area contributed by atoms with Crippen molar-refractivity contribution in [2.45, 2.75) is 91.8 Å². The quantitative estimate of drug-likeness (QED) is 0.142. The van der Waals surface area contributed by atoms with E-state index in [1.807, 2.05) is 7.28 Å². The van der Waals surface area contributed by atoms with Crippen LogP contribution in [0.25, 0.3) is 0 Å². The summed E-state index contributed by atoms with van der Waals surface area (Å²) in [5, 5.41) is 4.53. The van der Waals surface area contributed by atoms with Gasteiger partial charge in [0.25, 0.3) is 0 Å². The van der Waals surface area contributed by atoms with Crippen molar-refractivity contribution in [3.63, 3.8) is 0 Å². The van der Waals surface area contributed by atoms with Gasteiger partial charge in [0.15, 0.2) is 11.8 Å². The molecule has 2 amide bonds. The Labute approximate surface area is 432 Å². The standard InChI is InChI=1S/C6H13B.C6H14.2C4H6NO2.C2H5.8Y/c1-3-4-5-6-7-2;1-3-5-6-4-2;2*1-5-4(7)2-3-6;1-2;;;;;;;;/h2-6H2,1H3;3-6H2,1-2H3;2*2H2,1H3,(H,5,7);1H2,2H3;;;;;;;;/q-1;;3*-1;;;;;;;;. The SMILES string of the molecule is CCCCCC.CNC(=O)C[C-]=O.CNC(=O)C[C-]=O.[CH2-]C.[CH2-][B]CCCCC.[Y].[Y].[Y].[Y].[Y].[Y].[Y].[Y]. The van der Waals surface area contributed by atoms with Crippen molar-refractivity contribution < 1.29 is 281 Å². The largest absolute Gasteiger partial charge is 0.541 e. The van der Waals surface area contributed by atoms with Crippen LogP contribution in [0, 0.1) is 13.7 Å². The molecule has 37 heavy (non-hydrogen) atoms. The van der Waals surface area contributed by atoms with Gasteiger partial charge in [-0.2, -0.15) is 6.92 Å². The maximum absolute atomic E-state index is 10.0. The third kappa shape index (κ3) is 125. The molecule has 0 aromatic rings. The van der Waals surface area contributed by atoms with Crippen molar-refractivity contribution in [1.82, 2.24) is 10.6 Å². The number of carbonyl (C=O) groups excluding carboxylic acids is 4. The van der Waals surface area contributed by atoms with Gasteiger partial charge in [0.2, 0.25) is 0 Å². The molecule has 0 unspecified atom stereocenters. The first-order valence-corrected chi connectivity index (χ1v) is 10.4. The van der Waals surface area contributed by atoms with Crippen LogP contribution in [0.3, 0.4) is 0 Å². The maximum atomic E-state index is 10.0. The van der Waals surface area contributed by atoms with Crippen LogP contribution in [-0.2, 0) is 281 Å². The van der Waals surface area contributed by atoms with Gasteiger partial charge >= 0.3 is 0 Å². The van der Waals surface area contributed by atoms with Crippen molar-refractivity contribution in [2.75, 3.05) is 14.1 Å². The third-order valence-corrected chi connectivity index (χ3v) is 2.99. The molecule has 15 heteroatoms. The van der Waals surface area contributed by atoms with E-state index >= 15 is 0 Å². The van der Waals surface area contributed by atoms with Crippen molar-refractivity contribution >= 4 is 31.7 Å². The molecule has 0 aliphatic rings. The number of hydrogen-bond donors (Lipinski definition) is 2. The number of unbranched alkanes of at least 4 members (excludes halogenated alkanes) is 5. The number of hydrogen-bond acceptors (Lipinski definition) is 4. The molecule has 197 valence electrons. The summed E-state index contributed by atoms with van der Waals surface area (Å²) in [6.45, 7) is 15.3. The predicted molar refractivity (Wildman–Crippen MR) is 125 cm³/mol. The van der Waals surface area contributed by atoms with E-state index in [1.165, 1.54) is 77.9 Å². The van der Waals surface area contributed by atoms with Gasteiger partial charge in [0.1, 0.15) is 0 Å². The fraction of sp³-hybridized carbons (Fsp3) is 0.727. The first kappa shape index (κ1) is 84.7. The Morgan fingerprint density at radius 2 is 0.865 bits per heavy atom. The Morgan fingerprint density at radius 1 is 0.622 bits per heavy atom. The smallest absolute Gasteiger partial charge is 0.193 e. The molecule has 0 atom stereocenters. The summed E-state index contributed by atoms with van der Waals surface area (Å²) < 4.78 is 0. The molecule has 0 aromatic carbocycles. The van der Waals surface area contributed by atoms with Gasteiger partial charge in [-0.3, -0.25) is 22.2 Å². The molecule has 0 bridgehead atoms. The van der Waals surface area contributed by atoms with E-state index in [0.29, 0.717) is 0 Å². The Morgan fingerprint density at radius 3 is 1.00 bits per heavy atom. The molecule has 2 N–H and O–H groups in total. The summed E-state index contributed by atoms with van der Waals surface area (Å²) in [4.78, 5) is 38.9. The Bertz CT molecular complexity index is 326. The van der Waals surface area contributed by atoms with E-state index in [2.05, 4.69) is 45.2 Å². The molecule has 0 fully saturated rings. The van der Waals surface area contributed by atoms with Crippen LogP contribution in [0.1, 0.15) is 85.5 Å². The molecule has 0 spiro atoms. The zero-order valence-electron chi connectivity index (χ0n) is 24.3. The average molecular weight is 1120 g/mol. The second kappa shape index (κ2) is 96.7. The van der Waals surface area contributed by atoms with Gasteiger partial charge in [0, 0.05) is 276 Å². The molecule has 0 aliphatic heterocycles. The van der Waals surface area contributed by atoms with Gasteiger partial charge in [0.05, 0.1) is 0 Å². The first-order chi connectivity index (χ1) is 13.9. The molecular formula is C22H44BN2O4Y8-4. The van der Waals surface area contributed by atoms with Crippen LogP contribution >= 0.6 is 0 Å². The van der Waals surface area contributed by atoms with Gasteiger partial charge in [-0.15, -0.1) is 6.32 Å². The minimum atomic E-state index is -0.296. The number of carbonyl (C=O) groups is 2. The van der Waals surface area contributed by atoms with Crippen LogP contribution in [-0.4, -0.2) is 45.8 Å². The van der Waals surface area contributed by atoms with Crippen LogP contribution in [0.4, 0.5) is 0 Å². The summed E-state index contributed by atoms with van der Waals surface area (Å²) in [5.74, 6) is -0.593. The van der Waals surface area contributed by atoms with E-state index in [1.54, 1.807) is 6.92 Å². The topological polar surface area (TPSA) is 92.3 Å². The van der Waals surface area contributed by atoms with Gasteiger partial charge < -0.3 is 34.0 Å². The molecule has 6 nitrogen and oxygen atoms in total. The summed E-state index contributed by atoms with van der Waals surface area (Å²) in [7, 11) is 4.93. The molecule has 0 aromatic heterocycles. The van der Waals surface area contributed by atoms with E-state index in [4.69, 9.17) is 0 Å². The number of amides is 2. The minimum Gasteiger partial charge on any atom is -0.541 e. The van der Waals surface area contributed by atoms with Crippen molar-refractivity contribution in [1.29, 1.82) is 0 Å². The molecule has 0 saturated heterocycles. The average Bonchev–Trinajstić information content (AvgIpc) is 2.75. The van der Waals surface area contributed by atoms with Crippen LogP contribution in [0.2, 0.25) is 6.32 Å². The second-order valence-corrected chi connectivity index (χ2v) is 5.48. The predicted octanol–water partition coefficient (Wildman–Crippen LogP) is 3.96. The van der Waals surface area contributed by atoms with E-state index in [9.17, 15) is 19.2 Å². The zero-order valence-corrected chi connectivity index (χ0v) is 47.0. The summed E-state index contributed by atoms with van der Waals surface area (Å²) in [6.07, 6.45) is 13.3. The summed E-state index contributed by atoms with van der Waals surface area (Å²) >= 11 is 0. The molecule has 9 radical (unpaired) electrons. The number of nitrogens with one attached hydrogen (secondary N) is 2. The molecule has 0 saturated carbocycles. The monoisotopic (exact) mass is 1120 g/mol. The Kier molecular flexibility index (Phi) is 222. The fourth-order valence-corrected chi connectivity index (χ4v) is 1.35. The van der Waals surface area contributed by atoms with Crippen LogP contribution in [0.5, 0.6) is 0 Å². The van der Waals surface area contributed by atoms with Crippen LogP contribution in [0.15, 0.2) is 0 Å². The molecule has 0 aliphatic carbocycles.